The van der Waals surface area contributed by atoms with Crippen LogP contribution in [0.5, 0.6) is 0 Å². The van der Waals surface area contributed by atoms with Crippen molar-refractivity contribution in [1.29, 1.82) is 0 Å². The number of hydrogen-bond acceptors (Lipinski definition) is 7. The van der Waals surface area contributed by atoms with Crippen molar-refractivity contribution in [3.8, 4) is 0 Å². The van der Waals surface area contributed by atoms with E-state index < -0.39 is 0 Å². The van der Waals surface area contributed by atoms with E-state index in [0.29, 0.717) is 6.54 Å². The molecule has 2 aromatic heterocycles. The number of thiazole rings is 1. The topological polar surface area (TPSA) is 80.2 Å². The summed E-state index contributed by atoms with van der Waals surface area (Å²) in [6.45, 7) is 5.40. The number of carbonyl (C=O) groups excluding carboxylic acids is 1. The zero-order valence-electron chi connectivity index (χ0n) is 14.1. The molecule has 1 aliphatic heterocycles. The summed E-state index contributed by atoms with van der Waals surface area (Å²) in [5.41, 5.74) is 1.88. The predicted octanol–water partition coefficient (Wildman–Crippen LogP) is 2.26. The molecule has 1 saturated heterocycles. The fourth-order valence-electron chi connectivity index (χ4n) is 2.77. The first-order chi connectivity index (χ1) is 11.5. The number of ether oxygens (including phenoxy) is 1. The second kappa shape index (κ2) is 7.23. The maximum absolute atomic E-state index is 11.9. The lowest BCUT2D eigenvalue weighted by Crippen LogP contribution is -2.31. The third kappa shape index (κ3) is 3.88. The Morgan fingerprint density at radius 2 is 2.21 bits per heavy atom. The molecule has 128 valence electrons. The van der Waals surface area contributed by atoms with E-state index in [9.17, 15) is 4.79 Å². The molecule has 1 amide bonds. The third-order valence-electron chi connectivity index (χ3n) is 3.90. The van der Waals surface area contributed by atoms with Crippen LogP contribution in [0.2, 0.25) is 0 Å². The van der Waals surface area contributed by atoms with Crippen molar-refractivity contribution in [3.63, 3.8) is 0 Å². The van der Waals surface area contributed by atoms with E-state index in [4.69, 9.17) is 4.74 Å². The molecule has 1 fully saturated rings. The maximum Gasteiger partial charge on any atom is 0.248 e. The summed E-state index contributed by atoms with van der Waals surface area (Å²) >= 11 is 1.55. The van der Waals surface area contributed by atoms with Crippen molar-refractivity contribution in [2.45, 2.75) is 26.2 Å². The molecular weight excluding hydrogens is 326 g/mol. The Bertz CT molecular complexity index is 733. The summed E-state index contributed by atoms with van der Waals surface area (Å²) in [7, 11) is 1.54. The molecule has 0 saturated carbocycles. The molecule has 0 unspecified atom stereocenters. The Balaban J connectivity index is 1.73. The zero-order chi connectivity index (χ0) is 17.1. The first-order valence-corrected chi connectivity index (χ1v) is 8.74. The predicted molar refractivity (Wildman–Crippen MR) is 92.7 cm³/mol. The Morgan fingerprint density at radius 1 is 1.38 bits per heavy atom. The molecule has 0 spiro atoms. The van der Waals surface area contributed by atoms with Gasteiger partial charge in [0.1, 0.15) is 18.2 Å². The smallest absolute Gasteiger partial charge is 0.248 e. The molecule has 7 nitrogen and oxygen atoms in total. The summed E-state index contributed by atoms with van der Waals surface area (Å²) in [4.78, 5) is 27.4. The van der Waals surface area contributed by atoms with Crippen LogP contribution in [0, 0.1) is 13.8 Å². The average molecular weight is 347 g/mol. The van der Waals surface area contributed by atoms with Gasteiger partial charge in [-0.2, -0.15) is 0 Å². The first-order valence-electron chi connectivity index (χ1n) is 7.86. The maximum atomic E-state index is 11.9. The highest BCUT2D eigenvalue weighted by atomic mass is 32.1. The van der Waals surface area contributed by atoms with Crippen LogP contribution in [-0.2, 0) is 9.53 Å². The normalized spacial score (nSPS) is 17.3. The number of methoxy groups -OCH3 is 1. The molecule has 0 bridgehead atoms. The summed E-state index contributed by atoms with van der Waals surface area (Å²) in [6, 6.07) is 1.91. The highest BCUT2D eigenvalue weighted by Gasteiger charge is 2.29. The number of anilines is 2. The van der Waals surface area contributed by atoms with E-state index in [1.54, 1.807) is 11.3 Å². The van der Waals surface area contributed by atoms with Crippen LogP contribution < -0.4 is 5.32 Å². The van der Waals surface area contributed by atoms with Crippen LogP contribution in [0.25, 0.3) is 0 Å². The van der Waals surface area contributed by atoms with E-state index in [1.165, 1.54) is 7.11 Å². The second-order valence-corrected chi connectivity index (χ2v) is 6.79. The number of likely N-dealkylation sites (tertiary alicyclic amines) is 1. The highest BCUT2D eigenvalue weighted by Crippen LogP contribution is 2.27. The van der Waals surface area contributed by atoms with E-state index in [-0.39, 0.29) is 18.4 Å². The molecule has 1 aliphatic rings. The van der Waals surface area contributed by atoms with E-state index in [2.05, 4.69) is 20.3 Å². The van der Waals surface area contributed by atoms with Crippen molar-refractivity contribution in [2.75, 3.05) is 32.1 Å². The SMILES string of the molecule is COCC(=O)N1CC[C@H](c2nc(C)cc(Nc3nc(C)cs3)n2)C1. The van der Waals surface area contributed by atoms with Crippen LogP contribution in [0.3, 0.4) is 0 Å². The third-order valence-corrected chi connectivity index (χ3v) is 4.78. The molecular formula is C16H21N5O2S. The van der Waals surface area contributed by atoms with Crippen LogP contribution in [-0.4, -0.2) is 52.6 Å². The number of nitrogens with zero attached hydrogens (tertiary/aromatic N) is 4. The number of rotatable bonds is 5. The molecule has 1 N–H and O–H groups in total. The lowest BCUT2D eigenvalue weighted by molar-refractivity contribution is -0.134. The molecule has 0 aromatic carbocycles. The first kappa shape index (κ1) is 16.8. The van der Waals surface area contributed by atoms with Gasteiger partial charge >= 0.3 is 0 Å². The number of hydrogen-bond donors (Lipinski definition) is 1. The highest BCUT2D eigenvalue weighted by molar-refractivity contribution is 7.13. The molecule has 0 aliphatic carbocycles. The van der Waals surface area contributed by atoms with Crippen LogP contribution in [0.15, 0.2) is 11.4 Å². The molecule has 3 rings (SSSR count). The van der Waals surface area contributed by atoms with E-state index >= 15 is 0 Å². The van der Waals surface area contributed by atoms with Crippen LogP contribution >= 0.6 is 11.3 Å². The van der Waals surface area contributed by atoms with Gasteiger partial charge in [-0.3, -0.25) is 4.79 Å². The second-order valence-electron chi connectivity index (χ2n) is 5.93. The minimum atomic E-state index is 0.0178. The summed E-state index contributed by atoms with van der Waals surface area (Å²) in [5, 5.41) is 6.05. The van der Waals surface area contributed by atoms with Gasteiger partial charge in [0, 0.05) is 43.3 Å². The standard InChI is InChI=1S/C16H21N5O2S/c1-10-6-13(20-16-18-11(2)9-24-16)19-15(17-10)12-4-5-21(7-12)14(22)8-23-3/h6,9,12H,4-5,7-8H2,1-3H3,(H,17,18,19,20)/t12-/m0/s1. The van der Waals surface area contributed by atoms with Crippen molar-refractivity contribution in [3.05, 3.63) is 28.7 Å². The number of aromatic nitrogens is 3. The minimum absolute atomic E-state index is 0.0178. The van der Waals surface area contributed by atoms with Crippen molar-refractivity contribution < 1.29 is 9.53 Å². The van der Waals surface area contributed by atoms with E-state index in [0.717, 1.165) is 41.1 Å². The largest absolute Gasteiger partial charge is 0.375 e. The Labute approximate surface area is 145 Å². The van der Waals surface area contributed by atoms with Gasteiger partial charge in [-0.15, -0.1) is 11.3 Å². The lowest BCUT2D eigenvalue weighted by Gasteiger charge is -2.16. The van der Waals surface area contributed by atoms with Gasteiger partial charge in [0.15, 0.2) is 5.13 Å². The number of nitrogens with one attached hydrogen (secondary N) is 1. The fraction of sp³-hybridized carbons (Fsp3) is 0.500. The quantitative estimate of drug-likeness (QED) is 0.893. The molecule has 0 radical (unpaired) electrons. The monoisotopic (exact) mass is 347 g/mol. The van der Waals surface area contributed by atoms with Gasteiger partial charge in [0.25, 0.3) is 0 Å². The number of carbonyl (C=O) groups is 1. The van der Waals surface area contributed by atoms with Gasteiger partial charge in [0.2, 0.25) is 5.91 Å². The molecule has 2 aromatic rings. The van der Waals surface area contributed by atoms with Crippen molar-refractivity contribution >= 4 is 28.2 Å². The lowest BCUT2D eigenvalue weighted by atomic mass is 10.1. The molecule has 24 heavy (non-hydrogen) atoms. The minimum Gasteiger partial charge on any atom is -0.375 e. The van der Waals surface area contributed by atoms with Crippen LogP contribution in [0.1, 0.15) is 29.6 Å². The zero-order valence-corrected chi connectivity index (χ0v) is 14.9. The van der Waals surface area contributed by atoms with Crippen molar-refractivity contribution in [1.82, 2.24) is 19.9 Å². The van der Waals surface area contributed by atoms with Crippen molar-refractivity contribution in [2.24, 2.45) is 0 Å². The summed E-state index contributed by atoms with van der Waals surface area (Å²) in [5.74, 6) is 1.69. The van der Waals surface area contributed by atoms with Gasteiger partial charge < -0.3 is 15.0 Å². The van der Waals surface area contributed by atoms with Gasteiger partial charge in [-0.05, 0) is 20.3 Å². The fourth-order valence-corrected chi connectivity index (χ4v) is 3.47. The Morgan fingerprint density at radius 3 is 2.92 bits per heavy atom. The Kier molecular flexibility index (Phi) is 5.06. The summed E-state index contributed by atoms with van der Waals surface area (Å²) < 4.78 is 4.93. The van der Waals surface area contributed by atoms with Gasteiger partial charge in [0.05, 0.1) is 5.69 Å². The molecule has 3 heterocycles. The Hall–Kier alpha value is -2.06. The number of amides is 1. The molecule has 8 heteroatoms. The van der Waals surface area contributed by atoms with Crippen LogP contribution in [0.4, 0.5) is 10.9 Å². The van der Waals surface area contributed by atoms with E-state index in [1.807, 2.05) is 30.2 Å². The molecule has 1 atom stereocenters. The number of aryl methyl sites for hydroxylation is 2. The van der Waals surface area contributed by atoms with Gasteiger partial charge in [-0.1, -0.05) is 0 Å². The van der Waals surface area contributed by atoms with Gasteiger partial charge in [-0.25, -0.2) is 15.0 Å². The average Bonchev–Trinajstić information content (AvgIpc) is 3.16. The summed E-state index contributed by atoms with van der Waals surface area (Å²) in [6.07, 6.45) is 0.870.